The predicted octanol–water partition coefficient (Wildman–Crippen LogP) is 3.29. The zero-order chi connectivity index (χ0) is 18.1. The zero-order valence-electron chi connectivity index (χ0n) is 14.9. The monoisotopic (exact) mass is 374 g/mol. The van der Waals surface area contributed by atoms with Crippen LogP contribution in [0.3, 0.4) is 0 Å². The van der Waals surface area contributed by atoms with E-state index in [9.17, 15) is 4.79 Å². The van der Waals surface area contributed by atoms with Crippen LogP contribution in [0.5, 0.6) is 11.5 Å². The van der Waals surface area contributed by atoms with Gasteiger partial charge < -0.3 is 19.4 Å². The summed E-state index contributed by atoms with van der Waals surface area (Å²) in [6.07, 6.45) is 5.30. The molecule has 1 saturated carbocycles. The number of amides is 1. The van der Waals surface area contributed by atoms with Crippen molar-refractivity contribution in [1.82, 2.24) is 14.8 Å². The van der Waals surface area contributed by atoms with E-state index in [-0.39, 0.29) is 11.7 Å². The Bertz CT molecular complexity index is 830. The summed E-state index contributed by atoms with van der Waals surface area (Å²) in [6, 6.07) is 5.56. The number of hydrogen-bond donors (Lipinski definition) is 1. The molecule has 1 amide bonds. The summed E-state index contributed by atoms with van der Waals surface area (Å²) in [7, 11) is 1.88. The van der Waals surface area contributed by atoms with E-state index in [0.717, 1.165) is 42.4 Å². The molecule has 0 radical (unpaired) electrons. The van der Waals surface area contributed by atoms with Gasteiger partial charge in [0.15, 0.2) is 16.7 Å². The fraction of sp³-hybridized carbons (Fsp3) is 0.500. The molecule has 1 aliphatic heterocycles. The summed E-state index contributed by atoms with van der Waals surface area (Å²) in [5.41, 5.74) is 0.708. The Labute approximate surface area is 156 Å². The first kappa shape index (κ1) is 17.2. The summed E-state index contributed by atoms with van der Waals surface area (Å²) in [6.45, 7) is 1.88. The summed E-state index contributed by atoms with van der Waals surface area (Å²) in [4.78, 5) is 12.2. The minimum Gasteiger partial charge on any atom is -0.448 e. The van der Waals surface area contributed by atoms with Gasteiger partial charge in [-0.2, -0.15) is 0 Å². The van der Waals surface area contributed by atoms with Crippen molar-refractivity contribution in [1.29, 1.82) is 0 Å². The molecule has 7 nitrogen and oxygen atoms in total. The van der Waals surface area contributed by atoms with Crippen LogP contribution in [0.2, 0.25) is 0 Å². The van der Waals surface area contributed by atoms with E-state index in [1.165, 1.54) is 18.2 Å². The Hall–Kier alpha value is -2.22. The van der Waals surface area contributed by atoms with E-state index >= 15 is 0 Å². The number of hydrogen-bond acceptors (Lipinski definition) is 6. The Morgan fingerprint density at radius 1 is 1.23 bits per heavy atom. The van der Waals surface area contributed by atoms with Gasteiger partial charge >= 0.3 is 0 Å². The molecule has 0 saturated heterocycles. The SMILES string of the molecule is Cc1nnc(SCC(=O)Nc2ccc3c(c2)OC2(CCCCC2)O3)n1C. The van der Waals surface area contributed by atoms with Crippen molar-refractivity contribution < 1.29 is 14.3 Å². The van der Waals surface area contributed by atoms with Gasteiger partial charge in [-0.05, 0) is 31.9 Å². The summed E-state index contributed by atoms with van der Waals surface area (Å²) >= 11 is 1.36. The zero-order valence-corrected chi connectivity index (χ0v) is 15.8. The summed E-state index contributed by atoms with van der Waals surface area (Å²) in [5, 5.41) is 11.7. The third kappa shape index (κ3) is 3.38. The van der Waals surface area contributed by atoms with Crippen molar-refractivity contribution in [3.8, 4) is 11.5 Å². The van der Waals surface area contributed by atoms with Crippen LogP contribution >= 0.6 is 11.8 Å². The highest BCUT2D eigenvalue weighted by molar-refractivity contribution is 7.99. The fourth-order valence-corrected chi connectivity index (χ4v) is 4.06. The normalized spacial score (nSPS) is 17.5. The number of aromatic nitrogens is 3. The Morgan fingerprint density at radius 3 is 2.73 bits per heavy atom. The molecule has 2 aromatic rings. The van der Waals surface area contributed by atoms with E-state index in [1.54, 1.807) is 0 Å². The molecule has 8 heteroatoms. The van der Waals surface area contributed by atoms with Crippen LogP contribution in [-0.2, 0) is 11.8 Å². The first-order valence-electron chi connectivity index (χ1n) is 8.85. The largest absolute Gasteiger partial charge is 0.448 e. The number of thioether (sulfide) groups is 1. The lowest BCUT2D eigenvalue weighted by Gasteiger charge is -2.31. The van der Waals surface area contributed by atoms with Crippen molar-refractivity contribution in [3.63, 3.8) is 0 Å². The number of benzene rings is 1. The van der Waals surface area contributed by atoms with Crippen LogP contribution in [0, 0.1) is 6.92 Å². The van der Waals surface area contributed by atoms with Crippen LogP contribution in [0.4, 0.5) is 5.69 Å². The predicted molar refractivity (Wildman–Crippen MR) is 98.6 cm³/mol. The van der Waals surface area contributed by atoms with Gasteiger partial charge in [0.25, 0.3) is 5.79 Å². The highest BCUT2D eigenvalue weighted by Crippen LogP contribution is 2.46. The average Bonchev–Trinajstić information content (AvgIpc) is 3.13. The van der Waals surface area contributed by atoms with Crippen molar-refractivity contribution in [2.75, 3.05) is 11.1 Å². The molecular formula is C18H22N4O3S. The first-order chi connectivity index (χ1) is 12.5. The third-order valence-electron chi connectivity index (χ3n) is 4.82. The van der Waals surface area contributed by atoms with E-state index in [4.69, 9.17) is 9.47 Å². The second-order valence-electron chi connectivity index (χ2n) is 6.76. The molecule has 2 aliphatic rings. The number of anilines is 1. The highest BCUT2D eigenvalue weighted by atomic mass is 32.2. The smallest absolute Gasteiger partial charge is 0.251 e. The maximum atomic E-state index is 12.2. The topological polar surface area (TPSA) is 78.3 Å². The Morgan fingerprint density at radius 2 is 2.00 bits per heavy atom. The van der Waals surface area contributed by atoms with Gasteiger partial charge in [-0.3, -0.25) is 4.79 Å². The molecule has 1 aliphatic carbocycles. The van der Waals surface area contributed by atoms with Crippen molar-refractivity contribution in [2.24, 2.45) is 7.05 Å². The van der Waals surface area contributed by atoms with Gasteiger partial charge in [-0.1, -0.05) is 18.2 Å². The van der Waals surface area contributed by atoms with Gasteiger partial charge in [0, 0.05) is 31.6 Å². The van der Waals surface area contributed by atoms with Crippen molar-refractivity contribution in [3.05, 3.63) is 24.0 Å². The Balaban J connectivity index is 1.37. The summed E-state index contributed by atoms with van der Waals surface area (Å²) in [5.74, 6) is 1.96. The van der Waals surface area contributed by atoms with Crippen molar-refractivity contribution in [2.45, 2.75) is 50.0 Å². The van der Waals surface area contributed by atoms with E-state index < -0.39 is 5.79 Å². The molecule has 2 heterocycles. The van der Waals surface area contributed by atoms with E-state index in [2.05, 4.69) is 15.5 Å². The second-order valence-corrected chi connectivity index (χ2v) is 7.71. The molecular weight excluding hydrogens is 352 g/mol. The van der Waals surface area contributed by atoms with Gasteiger partial charge in [-0.25, -0.2) is 0 Å². The van der Waals surface area contributed by atoms with E-state index in [0.29, 0.717) is 11.4 Å². The maximum absolute atomic E-state index is 12.2. The molecule has 1 N–H and O–H groups in total. The second kappa shape index (κ2) is 6.83. The summed E-state index contributed by atoms with van der Waals surface area (Å²) < 4.78 is 14.0. The highest BCUT2D eigenvalue weighted by Gasteiger charge is 2.42. The van der Waals surface area contributed by atoms with Crippen LogP contribution in [0.15, 0.2) is 23.4 Å². The third-order valence-corrected chi connectivity index (χ3v) is 5.84. The molecule has 0 atom stereocenters. The molecule has 26 heavy (non-hydrogen) atoms. The number of rotatable bonds is 4. The molecule has 0 unspecified atom stereocenters. The van der Waals surface area contributed by atoms with Crippen LogP contribution in [0.1, 0.15) is 37.9 Å². The lowest BCUT2D eigenvalue weighted by molar-refractivity contribution is -0.113. The van der Waals surface area contributed by atoms with Gasteiger partial charge in [0.2, 0.25) is 5.91 Å². The number of ether oxygens (including phenoxy) is 2. The molecule has 1 aromatic carbocycles. The molecule has 138 valence electrons. The molecule has 1 aromatic heterocycles. The Kier molecular flexibility index (Phi) is 4.52. The first-order valence-corrected chi connectivity index (χ1v) is 9.84. The van der Waals surface area contributed by atoms with Crippen LogP contribution in [-0.4, -0.2) is 32.2 Å². The fourth-order valence-electron chi connectivity index (χ4n) is 3.31. The molecule has 0 bridgehead atoms. The number of nitrogens with one attached hydrogen (secondary N) is 1. The standard InChI is InChI=1S/C18H22N4O3S/c1-12-20-21-17(22(12)2)26-11-16(23)19-13-6-7-14-15(10-13)25-18(24-14)8-4-3-5-9-18/h6-7,10H,3-5,8-9,11H2,1-2H3,(H,19,23). The number of fused-ring (bicyclic) bond motifs is 1. The van der Waals surface area contributed by atoms with Crippen LogP contribution < -0.4 is 14.8 Å². The lowest BCUT2D eigenvalue weighted by atomic mass is 9.94. The van der Waals surface area contributed by atoms with Crippen LogP contribution in [0.25, 0.3) is 0 Å². The number of carbonyl (C=O) groups is 1. The number of carbonyl (C=O) groups excluding carboxylic acids is 1. The molecule has 1 fully saturated rings. The number of nitrogens with zero attached hydrogens (tertiary/aromatic N) is 3. The van der Waals surface area contributed by atoms with Gasteiger partial charge in [-0.15, -0.1) is 10.2 Å². The van der Waals surface area contributed by atoms with Gasteiger partial charge in [0.1, 0.15) is 5.82 Å². The quantitative estimate of drug-likeness (QED) is 0.828. The molecule has 4 rings (SSSR count). The van der Waals surface area contributed by atoms with Crippen molar-refractivity contribution >= 4 is 23.4 Å². The lowest BCUT2D eigenvalue weighted by Crippen LogP contribution is -2.40. The maximum Gasteiger partial charge on any atom is 0.251 e. The number of aryl methyl sites for hydroxylation is 1. The minimum absolute atomic E-state index is 0.0955. The minimum atomic E-state index is -0.498. The molecule has 1 spiro atoms. The van der Waals surface area contributed by atoms with Gasteiger partial charge in [0.05, 0.1) is 5.75 Å². The van der Waals surface area contributed by atoms with E-state index in [1.807, 2.05) is 36.7 Å². The average molecular weight is 374 g/mol.